The summed E-state index contributed by atoms with van der Waals surface area (Å²) >= 11 is 0. The highest BCUT2D eigenvalue weighted by atomic mass is 19.4. The molecule has 0 saturated heterocycles. The molecule has 0 aliphatic heterocycles. The number of alkyl halides is 3. The number of halogens is 3. The highest BCUT2D eigenvalue weighted by Crippen LogP contribution is 2.29. The zero-order valence-corrected chi connectivity index (χ0v) is 12.5. The molecule has 0 amide bonds. The Balaban J connectivity index is 3.22. The summed E-state index contributed by atoms with van der Waals surface area (Å²) < 4.78 is 38.6. The zero-order valence-electron chi connectivity index (χ0n) is 12.5. The molecular formula is C13H22F3N5. The average Bonchev–Trinajstić information content (AvgIpc) is 2.46. The Morgan fingerprint density at radius 3 is 2.48 bits per heavy atom. The van der Waals surface area contributed by atoms with E-state index in [-0.39, 0.29) is 17.7 Å². The van der Waals surface area contributed by atoms with Crippen LogP contribution in [0.3, 0.4) is 0 Å². The van der Waals surface area contributed by atoms with Gasteiger partial charge in [0.1, 0.15) is 11.6 Å². The lowest BCUT2D eigenvalue weighted by molar-refractivity contribution is -0.144. The van der Waals surface area contributed by atoms with Gasteiger partial charge in [0, 0.05) is 18.7 Å². The molecule has 0 saturated carbocycles. The summed E-state index contributed by atoms with van der Waals surface area (Å²) in [5.41, 5.74) is 2.17. The molecule has 0 bridgehead atoms. The molecule has 1 aromatic heterocycles. The van der Waals surface area contributed by atoms with E-state index in [9.17, 15) is 13.2 Å². The molecular weight excluding hydrogens is 283 g/mol. The van der Waals surface area contributed by atoms with Gasteiger partial charge in [-0.25, -0.2) is 15.8 Å². The Kier molecular flexibility index (Phi) is 6.19. The monoisotopic (exact) mass is 305 g/mol. The van der Waals surface area contributed by atoms with Crippen LogP contribution in [0.1, 0.15) is 45.9 Å². The van der Waals surface area contributed by atoms with Gasteiger partial charge in [0.25, 0.3) is 0 Å². The van der Waals surface area contributed by atoms with Crippen molar-refractivity contribution in [1.82, 2.24) is 9.97 Å². The molecule has 1 heterocycles. The fourth-order valence-electron chi connectivity index (χ4n) is 1.89. The number of aromatic nitrogens is 2. The fraction of sp³-hybridized carbons (Fsp3) is 0.692. The summed E-state index contributed by atoms with van der Waals surface area (Å²) in [5.74, 6) is 4.23. The second-order valence-corrected chi connectivity index (χ2v) is 4.88. The van der Waals surface area contributed by atoms with Gasteiger partial charge in [-0.05, 0) is 19.8 Å². The molecule has 1 unspecified atom stereocenters. The number of nitrogens with zero attached hydrogens (tertiary/aromatic N) is 3. The van der Waals surface area contributed by atoms with E-state index in [1.54, 1.807) is 0 Å². The van der Waals surface area contributed by atoms with Gasteiger partial charge in [-0.15, -0.1) is 0 Å². The van der Waals surface area contributed by atoms with Crippen LogP contribution in [-0.4, -0.2) is 22.6 Å². The van der Waals surface area contributed by atoms with Gasteiger partial charge in [-0.3, -0.25) is 0 Å². The number of hydrogen-bond acceptors (Lipinski definition) is 5. The van der Waals surface area contributed by atoms with Crippen LogP contribution in [0.25, 0.3) is 0 Å². The second-order valence-electron chi connectivity index (χ2n) is 4.88. The molecule has 0 aliphatic rings. The average molecular weight is 305 g/mol. The predicted molar refractivity (Wildman–Crippen MR) is 76.9 cm³/mol. The molecule has 0 aliphatic carbocycles. The van der Waals surface area contributed by atoms with E-state index < -0.39 is 12.0 Å². The maximum atomic E-state index is 12.9. The van der Waals surface area contributed by atoms with E-state index in [1.807, 2.05) is 25.7 Å². The lowest BCUT2D eigenvalue weighted by Gasteiger charge is -2.30. The predicted octanol–water partition coefficient (Wildman–Crippen LogP) is 3.19. The molecule has 0 spiro atoms. The van der Waals surface area contributed by atoms with Gasteiger partial charge in [0.2, 0.25) is 5.82 Å². The second kappa shape index (κ2) is 7.44. The topological polar surface area (TPSA) is 67.1 Å². The maximum absolute atomic E-state index is 12.9. The van der Waals surface area contributed by atoms with Crippen molar-refractivity contribution >= 4 is 11.6 Å². The lowest BCUT2D eigenvalue weighted by Crippen LogP contribution is -2.35. The van der Waals surface area contributed by atoms with Gasteiger partial charge in [-0.2, -0.15) is 13.2 Å². The minimum Gasteiger partial charge on any atom is -0.354 e. The zero-order chi connectivity index (χ0) is 16.0. The third-order valence-electron chi connectivity index (χ3n) is 3.28. The molecule has 3 N–H and O–H groups in total. The summed E-state index contributed by atoms with van der Waals surface area (Å²) in [4.78, 5) is 8.90. The van der Waals surface area contributed by atoms with Crippen molar-refractivity contribution in [2.75, 3.05) is 16.9 Å². The molecule has 120 valence electrons. The minimum atomic E-state index is -4.60. The summed E-state index contributed by atoms with van der Waals surface area (Å²) in [7, 11) is 0. The smallest absolute Gasteiger partial charge is 0.354 e. The molecule has 0 aromatic carbocycles. The van der Waals surface area contributed by atoms with Crippen LogP contribution in [-0.2, 0) is 6.18 Å². The van der Waals surface area contributed by atoms with Crippen LogP contribution < -0.4 is 16.2 Å². The number of anilines is 2. The highest BCUT2D eigenvalue weighted by molar-refractivity contribution is 5.49. The van der Waals surface area contributed by atoms with Crippen LogP contribution >= 0.6 is 0 Å². The van der Waals surface area contributed by atoms with Crippen LogP contribution in [0.5, 0.6) is 0 Å². The van der Waals surface area contributed by atoms with Crippen molar-refractivity contribution in [3.05, 3.63) is 11.9 Å². The van der Waals surface area contributed by atoms with Crippen LogP contribution in [0, 0.1) is 0 Å². The normalized spacial score (nSPS) is 13.1. The van der Waals surface area contributed by atoms with Gasteiger partial charge in [-0.1, -0.05) is 20.3 Å². The first-order valence-corrected chi connectivity index (χ1v) is 7.03. The SMILES string of the molecule is CCCCN(c1cc(NN)nc(C(F)(F)F)n1)C(C)CC. The van der Waals surface area contributed by atoms with E-state index in [0.29, 0.717) is 6.54 Å². The Morgan fingerprint density at radius 1 is 1.33 bits per heavy atom. The van der Waals surface area contributed by atoms with Crippen molar-refractivity contribution in [2.45, 2.75) is 52.3 Å². The van der Waals surface area contributed by atoms with Crippen molar-refractivity contribution < 1.29 is 13.2 Å². The quantitative estimate of drug-likeness (QED) is 0.598. The number of nitrogens with one attached hydrogen (secondary N) is 1. The minimum absolute atomic E-state index is 0.0443. The third kappa shape index (κ3) is 4.73. The number of nitrogens with two attached hydrogens (primary N) is 1. The largest absolute Gasteiger partial charge is 0.451 e. The molecule has 21 heavy (non-hydrogen) atoms. The Bertz CT molecular complexity index is 450. The van der Waals surface area contributed by atoms with Gasteiger partial charge in [0.05, 0.1) is 0 Å². The summed E-state index contributed by atoms with van der Waals surface area (Å²) in [6.07, 6.45) is -1.97. The molecule has 0 radical (unpaired) electrons. The Morgan fingerprint density at radius 2 is 2.00 bits per heavy atom. The molecule has 1 aromatic rings. The molecule has 0 fully saturated rings. The maximum Gasteiger partial charge on any atom is 0.451 e. The van der Waals surface area contributed by atoms with Crippen molar-refractivity contribution in [3.63, 3.8) is 0 Å². The van der Waals surface area contributed by atoms with Crippen molar-refractivity contribution in [2.24, 2.45) is 5.84 Å². The number of nitrogen functional groups attached to an aromatic ring is 1. The number of hydrazine groups is 1. The lowest BCUT2D eigenvalue weighted by atomic mass is 10.2. The van der Waals surface area contributed by atoms with E-state index in [4.69, 9.17) is 5.84 Å². The summed E-state index contributed by atoms with van der Waals surface area (Å²) in [6.45, 7) is 6.62. The third-order valence-corrected chi connectivity index (χ3v) is 3.28. The molecule has 5 nitrogen and oxygen atoms in total. The van der Waals surface area contributed by atoms with Crippen LogP contribution in [0.4, 0.5) is 24.8 Å². The number of unbranched alkanes of at least 4 members (excludes halogenated alkanes) is 1. The van der Waals surface area contributed by atoms with E-state index in [2.05, 4.69) is 15.4 Å². The van der Waals surface area contributed by atoms with E-state index >= 15 is 0 Å². The summed E-state index contributed by atoms with van der Waals surface area (Å²) in [5, 5.41) is 0. The fourth-order valence-corrected chi connectivity index (χ4v) is 1.89. The first kappa shape index (κ1) is 17.5. The standard InChI is InChI=1S/C13H22F3N5/c1-4-6-7-21(9(3)5-2)11-8-10(20-17)18-12(19-11)13(14,15)16/h8-9H,4-7,17H2,1-3H3,(H,18,19,20). The summed E-state index contributed by atoms with van der Waals surface area (Å²) in [6, 6.07) is 1.52. The first-order valence-electron chi connectivity index (χ1n) is 7.03. The van der Waals surface area contributed by atoms with Crippen molar-refractivity contribution in [3.8, 4) is 0 Å². The Labute approximate surface area is 122 Å². The van der Waals surface area contributed by atoms with Gasteiger partial charge in [0.15, 0.2) is 0 Å². The number of hydrogen-bond donors (Lipinski definition) is 2. The van der Waals surface area contributed by atoms with Gasteiger partial charge >= 0.3 is 6.18 Å². The molecule has 1 rings (SSSR count). The molecule has 1 atom stereocenters. The van der Waals surface area contributed by atoms with Gasteiger partial charge < -0.3 is 10.3 Å². The Hall–Kier alpha value is -1.57. The molecule has 8 heteroatoms. The van der Waals surface area contributed by atoms with Crippen LogP contribution in [0.2, 0.25) is 0 Å². The van der Waals surface area contributed by atoms with E-state index in [0.717, 1.165) is 19.3 Å². The van der Waals surface area contributed by atoms with Crippen LogP contribution in [0.15, 0.2) is 6.07 Å². The highest BCUT2D eigenvalue weighted by Gasteiger charge is 2.36. The number of rotatable bonds is 7. The van der Waals surface area contributed by atoms with Crippen molar-refractivity contribution in [1.29, 1.82) is 0 Å². The van der Waals surface area contributed by atoms with E-state index in [1.165, 1.54) is 6.07 Å². The first-order chi connectivity index (χ1) is 9.83.